The van der Waals surface area contributed by atoms with Crippen molar-refractivity contribution in [1.82, 2.24) is 0 Å². The Bertz CT molecular complexity index is 687. The SMILES string of the molecule is CC1(C)OB(c2ccc(Nc3ccccc3)c(Cl)c2)OC1(C)C. The van der Waals surface area contributed by atoms with Gasteiger partial charge in [0.2, 0.25) is 0 Å². The molecule has 0 aliphatic carbocycles. The number of rotatable bonds is 3. The Morgan fingerprint density at radius 2 is 1.52 bits per heavy atom. The highest BCUT2D eigenvalue weighted by molar-refractivity contribution is 6.62. The first-order valence-corrected chi connectivity index (χ1v) is 8.13. The van der Waals surface area contributed by atoms with E-state index in [0.717, 1.165) is 16.8 Å². The molecule has 23 heavy (non-hydrogen) atoms. The van der Waals surface area contributed by atoms with E-state index in [9.17, 15) is 0 Å². The van der Waals surface area contributed by atoms with Gasteiger partial charge in [-0.1, -0.05) is 35.9 Å². The molecule has 1 N–H and O–H groups in total. The largest absolute Gasteiger partial charge is 0.494 e. The maximum absolute atomic E-state index is 6.43. The van der Waals surface area contributed by atoms with Gasteiger partial charge >= 0.3 is 7.12 Å². The summed E-state index contributed by atoms with van der Waals surface area (Å²) >= 11 is 6.43. The third kappa shape index (κ3) is 3.25. The third-order valence-corrected chi connectivity index (χ3v) is 4.88. The molecule has 1 aliphatic heterocycles. The Kier molecular flexibility index (Phi) is 4.17. The van der Waals surface area contributed by atoms with Gasteiger partial charge in [0.1, 0.15) is 0 Å². The summed E-state index contributed by atoms with van der Waals surface area (Å²) in [6, 6.07) is 15.8. The molecule has 5 heteroatoms. The smallest absolute Gasteiger partial charge is 0.399 e. The van der Waals surface area contributed by atoms with Crippen molar-refractivity contribution in [3.8, 4) is 0 Å². The first-order chi connectivity index (χ1) is 10.8. The highest BCUT2D eigenvalue weighted by atomic mass is 35.5. The zero-order valence-electron chi connectivity index (χ0n) is 13.9. The summed E-state index contributed by atoms with van der Waals surface area (Å²) in [5.74, 6) is 0. The van der Waals surface area contributed by atoms with E-state index >= 15 is 0 Å². The molecule has 1 saturated heterocycles. The number of benzene rings is 2. The molecular formula is C18H21BClNO2. The maximum Gasteiger partial charge on any atom is 0.494 e. The second-order valence-electron chi connectivity index (χ2n) is 6.82. The molecule has 1 fully saturated rings. The molecule has 0 amide bonds. The average Bonchev–Trinajstić information content (AvgIpc) is 2.71. The standard InChI is InChI=1S/C18H21BClNO2/c1-17(2)18(3,4)23-19(22-17)13-10-11-16(15(20)12-13)21-14-8-6-5-7-9-14/h5-12,21H,1-4H3. The molecule has 0 aromatic heterocycles. The average molecular weight is 330 g/mol. The fraction of sp³-hybridized carbons (Fsp3) is 0.333. The van der Waals surface area contributed by atoms with Gasteiger partial charge < -0.3 is 14.6 Å². The summed E-state index contributed by atoms with van der Waals surface area (Å²) in [6.07, 6.45) is 0. The van der Waals surface area contributed by atoms with Crippen LogP contribution in [0.1, 0.15) is 27.7 Å². The Balaban J connectivity index is 1.81. The van der Waals surface area contributed by atoms with Crippen LogP contribution in [-0.4, -0.2) is 18.3 Å². The molecule has 3 nitrogen and oxygen atoms in total. The highest BCUT2D eigenvalue weighted by Crippen LogP contribution is 2.37. The quantitative estimate of drug-likeness (QED) is 0.848. The lowest BCUT2D eigenvalue weighted by Gasteiger charge is -2.32. The summed E-state index contributed by atoms with van der Waals surface area (Å²) in [5.41, 5.74) is 2.07. The van der Waals surface area contributed by atoms with Crippen LogP contribution < -0.4 is 10.8 Å². The lowest BCUT2D eigenvalue weighted by molar-refractivity contribution is 0.00578. The van der Waals surface area contributed by atoms with E-state index < -0.39 is 7.12 Å². The van der Waals surface area contributed by atoms with Crippen LogP contribution in [-0.2, 0) is 9.31 Å². The predicted molar refractivity (Wildman–Crippen MR) is 96.9 cm³/mol. The van der Waals surface area contributed by atoms with Crippen molar-refractivity contribution >= 4 is 35.6 Å². The number of nitrogens with one attached hydrogen (secondary N) is 1. The monoisotopic (exact) mass is 329 g/mol. The minimum Gasteiger partial charge on any atom is -0.399 e. The molecule has 0 atom stereocenters. The third-order valence-electron chi connectivity index (χ3n) is 4.57. The number of para-hydroxylation sites is 1. The number of anilines is 2. The number of hydrogen-bond donors (Lipinski definition) is 1. The molecule has 2 aromatic carbocycles. The fourth-order valence-electron chi connectivity index (χ4n) is 2.44. The molecule has 3 rings (SSSR count). The maximum atomic E-state index is 6.43. The molecule has 0 spiro atoms. The molecule has 120 valence electrons. The molecule has 0 saturated carbocycles. The van der Waals surface area contributed by atoms with E-state index in [4.69, 9.17) is 20.9 Å². The summed E-state index contributed by atoms with van der Waals surface area (Å²) < 4.78 is 12.1. The van der Waals surface area contributed by atoms with Crippen molar-refractivity contribution in [2.24, 2.45) is 0 Å². The van der Waals surface area contributed by atoms with Crippen LogP contribution in [0.4, 0.5) is 11.4 Å². The second-order valence-corrected chi connectivity index (χ2v) is 7.23. The van der Waals surface area contributed by atoms with Crippen molar-refractivity contribution in [1.29, 1.82) is 0 Å². The van der Waals surface area contributed by atoms with Gasteiger partial charge in [0, 0.05) is 5.69 Å². The molecular weight excluding hydrogens is 308 g/mol. The first kappa shape index (κ1) is 16.4. The Morgan fingerprint density at radius 3 is 2.09 bits per heavy atom. The van der Waals surface area contributed by atoms with Crippen molar-refractivity contribution in [2.75, 3.05) is 5.32 Å². The number of hydrogen-bond acceptors (Lipinski definition) is 3. The van der Waals surface area contributed by atoms with Crippen molar-refractivity contribution in [3.63, 3.8) is 0 Å². The van der Waals surface area contributed by atoms with Crippen LogP contribution >= 0.6 is 11.6 Å². The Hall–Kier alpha value is -1.49. The first-order valence-electron chi connectivity index (χ1n) is 7.76. The van der Waals surface area contributed by atoms with Gasteiger partial charge in [0.25, 0.3) is 0 Å². The zero-order chi connectivity index (χ0) is 16.7. The van der Waals surface area contributed by atoms with Crippen molar-refractivity contribution in [2.45, 2.75) is 38.9 Å². The molecule has 0 unspecified atom stereocenters. The van der Waals surface area contributed by atoms with Crippen LogP contribution in [0.5, 0.6) is 0 Å². The zero-order valence-corrected chi connectivity index (χ0v) is 14.6. The van der Waals surface area contributed by atoms with Crippen LogP contribution in [0.15, 0.2) is 48.5 Å². The van der Waals surface area contributed by atoms with E-state index in [0.29, 0.717) is 5.02 Å². The number of halogens is 1. The fourth-order valence-corrected chi connectivity index (χ4v) is 2.67. The van der Waals surface area contributed by atoms with Crippen molar-refractivity contribution in [3.05, 3.63) is 53.6 Å². The summed E-state index contributed by atoms with van der Waals surface area (Å²) in [7, 11) is -0.400. The normalized spacial score (nSPS) is 18.9. The van der Waals surface area contributed by atoms with E-state index in [1.807, 2.05) is 76.2 Å². The second kappa shape index (κ2) is 5.86. The topological polar surface area (TPSA) is 30.5 Å². The van der Waals surface area contributed by atoms with E-state index in [2.05, 4.69) is 5.32 Å². The van der Waals surface area contributed by atoms with Gasteiger partial charge in [-0.15, -0.1) is 0 Å². The van der Waals surface area contributed by atoms with Gasteiger partial charge in [-0.3, -0.25) is 0 Å². The summed E-state index contributed by atoms with van der Waals surface area (Å²) in [5, 5.41) is 3.95. The van der Waals surface area contributed by atoms with Gasteiger partial charge in [0.05, 0.1) is 21.9 Å². The summed E-state index contributed by atoms with van der Waals surface area (Å²) in [6.45, 7) is 8.17. The van der Waals surface area contributed by atoms with Crippen LogP contribution in [0.25, 0.3) is 0 Å². The van der Waals surface area contributed by atoms with Gasteiger partial charge in [-0.25, -0.2) is 0 Å². The van der Waals surface area contributed by atoms with Gasteiger partial charge in [-0.2, -0.15) is 0 Å². The van der Waals surface area contributed by atoms with Gasteiger partial charge in [0.15, 0.2) is 0 Å². The molecule has 2 aromatic rings. The molecule has 1 heterocycles. The van der Waals surface area contributed by atoms with E-state index in [1.54, 1.807) is 0 Å². The van der Waals surface area contributed by atoms with Crippen molar-refractivity contribution < 1.29 is 9.31 Å². The Labute approximate surface area is 143 Å². The molecule has 1 aliphatic rings. The minimum atomic E-state index is -0.400. The lowest BCUT2D eigenvalue weighted by Crippen LogP contribution is -2.41. The van der Waals surface area contributed by atoms with Crippen LogP contribution in [0, 0.1) is 0 Å². The van der Waals surface area contributed by atoms with E-state index in [-0.39, 0.29) is 11.2 Å². The van der Waals surface area contributed by atoms with Gasteiger partial charge in [-0.05, 0) is 57.4 Å². The highest BCUT2D eigenvalue weighted by Gasteiger charge is 2.51. The predicted octanol–water partition coefficient (Wildman–Crippen LogP) is 4.38. The summed E-state index contributed by atoms with van der Waals surface area (Å²) in [4.78, 5) is 0. The minimum absolute atomic E-state index is 0.356. The molecule has 0 radical (unpaired) electrons. The van der Waals surface area contributed by atoms with E-state index in [1.165, 1.54) is 0 Å². The van der Waals surface area contributed by atoms with Crippen LogP contribution in [0.2, 0.25) is 5.02 Å². The molecule has 0 bridgehead atoms. The van der Waals surface area contributed by atoms with Crippen LogP contribution in [0.3, 0.4) is 0 Å². The lowest BCUT2D eigenvalue weighted by atomic mass is 9.79. The Morgan fingerprint density at radius 1 is 0.913 bits per heavy atom.